The normalized spacial score (nSPS) is 25.6. The summed E-state index contributed by atoms with van der Waals surface area (Å²) in [7, 11) is 0. The summed E-state index contributed by atoms with van der Waals surface area (Å²) in [5, 5.41) is 20.4. The van der Waals surface area contributed by atoms with Crippen LogP contribution >= 0.6 is 0 Å². The molecule has 0 bridgehead atoms. The number of nitrogens with two attached hydrogens (primary N) is 1. The molecule has 2 atom stereocenters. The van der Waals surface area contributed by atoms with E-state index in [0.29, 0.717) is 12.1 Å². The van der Waals surface area contributed by atoms with Crippen molar-refractivity contribution in [3.8, 4) is 5.75 Å². The molecule has 3 N–H and O–H groups in total. The van der Waals surface area contributed by atoms with Crippen molar-refractivity contribution < 1.29 is 10.0 Å². The second-order valence-electron chi connectivity index (χ2n) is 5.14. The molecule has 2 rings (SSSR count). The van der Waals surface area contributed by atoms with E-state index in [1.165, 1.54) is 18.2 Å². The number of phenolic OH excluding ortho intramolecular Hbond substituents is 1. The Hall–Kier alpha value is -1.62. The SMILES string of the molecule is CC1(C)[C@@H](CN)[C@@H]1c1cc(O)ccc1[N+](=O)[O-]. The number of nitro benzene ring substituents is 1. The van der Waals surface area contributed by atoms with E-state index in [9.17, 15) is 15.2 Å². The van der Waals surface area contributed by atoms with Gasteiger partial charge >= 0.3 is 0 Å². The van der Waals surface area contributed by atoms with Gasteiger partial charge in [-0.1, -0.05) is 13.8 Å². The molecule has 0 aromatic heterocycles. The summed E-state index contributed by atoms with van der Waals surface area (Å²) in [5.74, 6) is 0.354. The summed E-state index contributed by atoms with van der Waals surface area (Å²) in [4.78, 5) is 10.6. The fourth-order valence-corrected chi connectivity index (χ4v) is 2.76. The summed E-state index contributed by atoms with van der Waals surface area (Å²) < 4.78 is 0. The molecule has 0 radical (unpaired) electrons. The van der Waals surface area contributed by atoms with Crippen LogP contribution in [0.4, 0.5) is 5.69 Å². The van der Waals surface area contributed by atoms with E-state index in [0.717, 1.165) is 0 Å². The minimum absolute atomic E-state index is 0.0344. The molecule has 0 saturated heterocycles. The van der Waals surface area contributed by atoms with Crippen LogP contribution < -0.4 is 5.73 Å². The lowest BCUT2D eigenvalue weighted by molar-refractivity contribution is -0.385. The summed E-state index contributed by atoms with van der Waals surface area (Å²) in [5.41, 5.74) is 6.29. The number of hydrogen-bond donors (Lipinski definition) is 2. The van der Waals surface area contributed by atoms with Crippen molar-refractivity contribution in [3.05, 3.63) is 33.9 Å². The third kappa shape index (κ3) is 1.76. The summed E-state index contributed by atoms with van der Waals surface area (Å²) >= 11 is 0. The smallest absolute Gasteiger partial charge is 0.273 e. The second kappa shape index (κ2) is 3.70. The van der Waals surface area contributed by atoms with Gasteiger partial charge in [0.15, 0.2) is 0 Å². The lowest BCUT2D eigenvalue weighted by Crippen LogP contribution is -2.05. The number of benzene rings is 1. The Morgan fingerprint density at radius 2 is 2.18 bits per heavy atom. The highest BCUT2D eigenvalue weighted by molar-refractivity contribution is 5.51. The van der Waals surface area contributed by atoms with Gasteiger partial charge in [0.05, 0.1) is 4.92 Å². The first-order valence-corrected chi connectivity index (χ1v) is 5.57. The number of hydrogen-bond acceptors (Lipinski definition) is 4. The molecule has 1 aliphatic carbocycles. The van der Waals surface area contributed by atoms with Gasteiger partial charge in [-0.15, -0.1) is 0 Å². The molecule has 0 aliphatic heterocycles. The summed E-state index contributed by atoms with van der Waals surface area (Å²) in [6.07, 6.45) is 0. The number of nitro groups is 1. The summed E-state index contributed by atoms with van der Waals surface area (Å²) in [6.45, 7) is 4.59. The molecule has 92 valence electrons. The molecule has 5 heteroatoms. The van der Waals surface area contributed by atoms with E-state index < -0.39 is 4.92 Å². The van der Waals surface area contributed by atoms with Crippen LogP contribution in [0.3, 0.4) is 0 Å². The Morgan fingerprint density at radius 3 is 2.65 bits per heavy atom. The topological polar surface area (TPSA) is 89.4 Å². The summed E-state index contributed by atoms with van der Waals surface area (Å²) in [6, 6.07) is 4.18. The van der Waals surface area contributed by atoms with E-state index in [1.807, 2.05) is 13.8 Å². The minimum Gasteiger partial charge on any atom is -0.508 e. The lowest BCUT2D eigenvalue weighted by atomic mass is 10.0. The van der Waals surface area contributed by atoms with Crippen molar-refractivity contribution in [1.82, 2.24) is 0 Å². The van der Waals surface area contributed by atoms with Crippen LogP contribution in [-0.2, 0) is 0 Å². The third-order valence-electron chi connectivity index (χ3n) is 3.85. The fourth-order valence-electron chi connectivity index (χ4n) is 2.76. The Kier molecular flexibility index (Phi) is 2.58. The molecule has 0 amide bonds. The fraction of sp³-hybridized carbons (Fsp3) is 0.500. The first-order valence-electron chi connectivity index (χ1n) is 5.57. The minimum atomic E-state index is -0.406. The molecule has 5 nitrogen and oxygen atoms in total. The van der Waals surface area contributed by atoms with Gasteiger partial charge in [0.1, 0.15) is 5.75 Å². The number of phenols is 1. The van der Waals surface area contributed by atoms with Crippen LogP contribution in [-0.4, -0.2) is 16.6 Å². The van der Waals surface area contributed by atoms with Crippen molar-refractivity contribution >= 4 is 5.69 Å². The van der Waals surface area contributed by atoms with Gasteiger partial charge in [0, 0.05) is 17.5 Å². The van der Waals surface area contributed by atoms with Crippen molar-refractivity contribution in [2.45, 2.75) is 19.8 Å². The Balaban J connectivity index is 2.46. The molecule has 1 saturated carbocycles. The first-order chi connectivity index (χ1) is 7.89. The van der Waals surface area contributed by atoms with Crippen molar-refractivity contribution in [3.63, 3.8) is 0 Å². The largest absolute Gasteiger partial charge is 0.508 e. The maximum atomic E-state index is 11.0. The zero-order valence-corrected chi connectivity index (χ0v) is 9.88. The molecule has 1 aliphatic rings. The number of nitrogens with zero attached hydrogens (tertiary/aromatic N) is 1. The van der Waals surface area contributed by atoms with E-state index in [2.05, 4.69) is 0 Å². The maximum Gasteiger partial charge on any atom is 0.273 e. The van der Waals surface area contributed by atoms with Crippen LogP contribution in [0, 0.1) is 21.4 Å². The van der Waals surface area contributed by atoms with E-state index in [4.69, 9.17) is 5.73 Å². The zero-order chi connectivity index (χ0) is 12.8. The molecule has 1 aromatic carbocycles. The molecule has 17 heavy (non-hydrogen) atoms. The van der Waals surface area contributed by atoms with Crippen LogP contribution in [0.2, 0.25) is 0 Å². The monoisotopic (exact) mass is 236 g/mol. The van der Waals surface area contributed by atoms with Crippen LogP contribution in [0.15, 0.2) is 18.2 Å². The van der Waals surface area contributed by atoms with Crippen molar-refractivity contribution in [1.29, 1.82) is 0 Å². The van der Waals surface area contributed by atoms with Gasteiger partial charge in [-0.2, -0.15) is 0 Å². The molecule has 0 unspecified atom stereocenters. The first kappa shape index (κ1) is 11.9. The Bertz CT molecular complexity index is 471. The highest BCUT2D eigenvalue weighted by atomic mass is 16.6. The average molecular weight is 236 g/mol. The highest BCUT2D eigenvalue weighted by Crippen LogP contribution is 2.65. The van der Waals surface area contributed by atoms with E-state index >= 15 is 0 Å². The van der Waals surface area contributed by atoms with Gasteiger partial charge in [0.25, 0.3) is 5.69 Å². The van der Waals surface area contributed by atoms with Gasteiger partial charge in [-0.25, -0.2) is 0 Å². The molecule has 0 spiro atoms. The zero-order valence-electron chi connectivity index (χ0n) is 9.88. The predicted octanol–water partition coefficient (Wildman–Crippen LogP) is 2.00. The number of rotatable bonds is 3. The predicted molar refractivity (Wildman–Crippen MR) is 63.8 cm³/mol. The van der Waals surface area contributed by atoms with E-state index in [1.54, 1.807) is 0 Å². The van der Waals surface area contributed by atoms with Crippen LogP contribution in [0.5, 0.6) is 5.75 Å². The van der Waals surface area contributed by atoms with Crippen LogP contribution in [0.25, 0.3) is 0 Å². The van der Waals surface area contributed by atoms with Crippen molar-refractivity contribution in [2.24, 2.45) is 17.1 Å². The van der Waals surface area contributed by atoms with Gasteiger partial charge in [-0.05, 0) is 30.0 Å². The van der Waals surface area contributed by atoms with Gasteiger partial charge in [0.2, 0.25) is 0 Å². The Morgan fingerprint density at radius 1 is 1.53 bits per heavy atom. The van der Waals surface area contributed by atoms with Gasteiger partial charge < -0.3 is 10.8 Å². The van der Waals surface area contributed by atoms with E-state index in [-0.39, 0.29) is 28.7 Å². The highest BCUT2D eigenvalue weighted by Gasteiger charge is 2.59. The van der Waals surface area contributed by atoms with Gasteiger partial charge in [-0.3, -0.25) is 10.1 Å². The van der Waals surface area contributed by atoms with Crippen LogP contribution in [0.1, 0.15) is 25.3 Å². The molecule has 0 heterocycles. The molecular weight excluding hydrogens is 220 g/mol. The standard InChI is InChI=1S/C12H16N2O3/c1-12(2)9(6-13)11(12)8-5-7(15)3-4-10(8)14(16)17/h3-5,9,11,15H,6,13H2,1-2H3/t9-,11-/m0/s1. The van der Waals surface area contributed by atoms with Crippen molar-refractivity contribution in [2.75, 3.05) is 6.54 Å². The Labute approximate surface area is 99.4 Å². The lowest BCUT2D eigenvalue weighted by Gasteiger charge is -2.05. The maximum absolute atomic E-state index is 11.0. The molecular formula is C12H16N2O3. The molecule has 1 aromatic rings. The number of aromatic hydroxyl groups is 1. The second-order valence-corrected chi connectivity index (χ2v) is 5.14. The third-order valence-corrected chi connectivity index (χ3v) is 3.85. The molecule has 1 fully saturated rings. The average Bonchev–Trinajstić information content (AvgIpc) is 2.79. The quantitative estimate of drug-likeness (QED) is 0.620.